The number of aliphatic hydroxyl groups is 1. The topological polar surface area (TPSA) is 169 Å². The number of phosphoric ester groups is 1. The van der Waals surface area contributed by atoms with Crippen molar-refractivity contribution in [1.29, 1.82) is 0 Å². The van der Waals surface area contributed by atoms with Crippen LogP contribution in [0.25, 0.3) is 0 Å². The summed E-state index contributed by atoms with van der Waals surface area (Å²) in [7, 11) is -4.73. The molecule has 1 amide bonds. The number of carbonyl (C=O) groups excluding carboxylic acids is 2. The summed E-state index contributed by atoms with van der Waals surface area (Å²) in [6.45, 7) is 1.67. The molecule has 0 radical (unpaired) electrons. The fourth-order valence-electron chi connectivity index (χ4n) is 3.44. The van der Waals surface area contributed by atoms with Crippen LogP contribution in [0.5, 0.6) is 0 Å². The fraction of sp³-hybridized carbons (Fsp3) is 0.514. The molecule has 47 heavy (non-hydrogen) atoms. The van der Waals surface area contributed by atoms with Crippen LogP contribution in [0.4, 0.5) is 0 Å². The molecule has 264 valence electrons. The minimum absolute atomic E-state index is 0.0176. The number of hydrogen-bond donors (Lipinski definition) is 4. The molecule has 3 atom stereocenters. The van der Waals surface area contributed by atoms with Gasteiger partial charge in [0, 0.05) is 12.8 Å². The zero-order chi connectivity index (χ0) is 35.0. The molecule has 0 heterocycles. The Kier molecular flexibility index (Phi) is 27.9. The van der Waals surface area contributed by atoms with E-state index in [4.69, 9.17) is 9.84 Å². The summed E-state index contributed by atoms with van der Waals surface area (Å²) in [5.74, 6) is -2.57. The third-order valence-corrected chi connectivity index (χ3v) is 6.96. The summed E-state index contributed by atoms with van der Waals surface area (Å²) < 4.78 is 26.1. The molecule has 0 saturated carbocycles. The molecule has 4 N–H and O–H groups in total. The smallest absolute Gasteiger partial charge is 0.472 e. The maximum absolute atomic E-state index is 11.9. The third-order valence-electron chi connectivity index (χ3n) is 6.01. The number of carbonyl (C=O) groups is 3. The van der Waals surface area contributed by atoms with Gasteiger partial charge in [-0.25, -0.2) is 9.36 Å². The number of unbranched alkanes of at least 4 members (excludes halogenated alkanes) is 1. The van der Waals surface area contributed by atoms with E-state index in [1.165, 1.54) is 6.92 Å². The number of amides is 1. The number of hydrogen-bond acceptors (Lipinski definition) is 8. The first-order valence-electron chi connectivity index (χ1n) is 16.1. The Hall–Kier alpha value is -3.34. The lowest BCUT2D eigenvalue weighted by Gasteiger charge is -2.18. The molecule has 3 unspecified atom stereocenters. The van der Waals surface area contributed by atoms with Gasteiger partial charge in [-0.05, 0) is 57.8 Å². The van der Waals surface area contributed by atoms with Gasteiger partial charge in [0.1, 0.15) is 12.7 Å². The van der Waals surface area contributed by atoms with Crippen LogP contribution in [0.1, 0.15) is 84.5 Å². The van der Waals surface area contributed by atoms with E-state index in [-0.39, 0.29) is 12.8 Å². The number of rotatable bonds is 28. The molecule has 0 rings (SSSR count). The highest BCUT2D eigenvalue weighted by atomic mass is 31.2. The molecular weight excluding hydrogens is 625 g/mol. The van der Waals surface area contributed by atoms with E-state index in [0.717, 1.165) is 44.9 Å². The third kappa shape index (κ3) is 29.8. The van der Waals surface area contributed by atoms with Crippen molar-refractivity contribution in [3.05, 3.63) is 85.1 Å². The van der Waals surface area contributed by atoms with Crippen molar-refractivity contribution in [3.63, 3.8) is 0 Å². The van der Waals surface area contributed by atoms with Crippen LogP contribution in [-0.4, -0.2) is 64.9 Å². The van der Waals surface area contributed by atoms with Crippen LogP contribution in [0.3, 0.4) is 0 Å². The minimum Gasteiger partial charge on any atom is -0.480 e. The second kappa shape index (κ2) is 30.0. The Bertz CT molecular complexity index is 1120. The second-order valence-corrected chi connectivity index (χ2v) is 11.7. The number of phosphoric acid groups is 1. The Balaban J connectivity index is 3.91. The Labute approximate surface area is 280 Å². The van der Waals surface area contributed by atoms with Crippen molar-refractivity contribution in [2.75, 3.05) is 19.8 Å². The molecule has 0 aromatic rings. The van der Waals surface area contributed by atoms with Crippen molar-refractivity contribution in [2.24, 2.45) is 0 Å². The van der Waals surface area contributed by atoms with Gasteiger partial charge in [0.05, 0.1) is 13.2 Å². The maximum atomic E-state index is 11.9. The molecule has 0 fully saturated rings. The van der Waals surface area contributed by atoms with Gasteiger partial charge in [0.2, 0.25) is 5.91 Å². The lowest BCUT2D eigenvalue weighted by Crippen LogP contribution is -2.43. The molecular formula is C35H54NO10P. The van der Waals surface area contributed by atoms with Gasteiger partial charge in [-0.3, -0.25) is 18.6 Å². The van der Waals surface area contributed by atoms with Crippen molar-refractivity contribution >= 4 is 25.7 Å². The van der Waals surface area contributed by atoms with Crippen molar-refractivity contribution in [1.82, 2.24) is 5.32 Å². The van der Waals surface area contributed by atoms with E-state index >= 15 is 0 Å². The monoisotopic (exact) mass is 679 g/mol. The predicted octanol–water partition coefficient (Wildman–Crippen LogP) is 6.82. The van der Waals surface area contributed by atoms with Crippen LogP contribution < -0.4 is 5.32 Å². The number of esters is 1. The van der Waals surface area contributed by atoms with Crippen LogP contribution in [-0.2, 0) is 32.7 Å². The molecule has 0 bridgehead atoms. The zero-order valence-corrected chi connectivity index (χ0v) is 28.7. The van der Waals surface area contributed by atoms with Gasteiger partial charge in [-0.15, -0.1) is 0 Å². The van der Waals surface area contributed by atoms with Crippen molar-refractivity contribution in [2.45, 2.75) is 96.6 Å². The molecule has 0 aliphatic carbocycles. The summed E-state index contributed by atoms with van der Waals surface area (Å²) in [4.78, 5) is 44.0. The normalized spacial score (nSPS) is 15.1. The minimum atomic E-state index is -4.73. The molecule has 0 aromatic heterocycles. The Morgan fingerprint density at radius 3 is 1.60 bits per heavy atom. The molecule has 0 aliphatic heterocycles. The number of carboxylic acid groups (broad SMARTS) is 1. The average molecular weight is 680 g/mol. The first-order valence-corrected chi connectivity index (χ1v) is 17.6. The Morgan fingerprint density at radius 2 is 1.15 bits per heavy atom. The van der Waals surface area contributed by atoms with Crippen LogP contribution in [0.15, 0.2) is 85.1 Å². The second-order valence-electron chi connectivity index (χ2n) is 10.2. The SMILES string of the molecule is CC/C=C\C/C=C\C/C=C\C/C=C\C/C=C\C/C=C\C/C=C\CCCC(=O)OCC(O)COP(=O)(O)OCC(NC(=O)CC)C(=O)O. The first kappa shape index (κ1) is 43.7. The summed E-state index contributed by atoms with van der Waals surface area (Å²) in [5, 5.41) is 21.0. The molecule has 11 nitrogen and oxygen atoms in total. The highest BCUT2D eigenvalue weighted by Gasteiger charge is 2.28. The molecule has 12 heteroatoms. The zero-order valence-electron chi connectivity index (χ0n) is 27.8. The molecule has 0 saturated heterocycles. The van der Waals surface area contributed by atoms with E-state index in [1.54, 1.807) is 0 Å². The highest BCUT2D eigenvalue weighted by Crippen LogP contribution is 2.43. The fourth-order valence-corrected chi connectivity index (χ4v) is 4.21. The molecule has 0 aromatic carbocycles. The number of aliphatic hydroxyl groups excluding tert-OH is 1. The Morgan fingerprint density at radius 1 is 0.702 bits per heavy atom. The lowest BCUT2D eigenvalue weighted by atomic mass is 10.2. The van der Waals surface area contributed by atoms with Crippen LogP contribution in [0, 0.1) is 0 Å². The van der Waals surface area contributed by atoms with Gasteiger partial charge in [-0.1, -0.05) is 98.9 Å². The van der Waals surface area contributed by atoms with E-state index in [9.17, 15) is 28.9 Å². The molecule has 0 aliphatic rings. The number of allylic oxidation sites excluding steroid dienone is 14. The van der Waals surface area contributed by atoms with Crippen molar-refractivity contribution < 1.29 is 47.8 Å². The number of aliphatic carboxylic acids is 1. The molecule has 0 spiro atoms. The lowest BCUT2D eigenvalue weighted by molar-refractivity contribution is -0.147. The first-order chi connectivity index (χ1) is 22.6. The highest BCUT2D eigenvalue weighted by molar-refractivity contribution is 7.47. The van der Waals surface area contributed by atoms with Gasteiger partial charge in [0.25, 0.3) is 0 Å². The van der Waals surface area contributed by atoms with Crippen LogP contribution >= 0.6 is 7.82 Å². The van der Waals surface area contributed by atoms with Gasteiger partial charge in [0.15, 0.2) is 6.04 Å². The summed E-state index contributed by atoms with van der Waals surface area (Å²) in [6.07, 6.45) is 36.5. The number of ether oxygens (including phenoxy) is 1. The standard InChI is InChI=1S/C35H54NO10P/c1-3-5-6-7-8-9-10-11-12-13-14-15-16-17-18-19-20-21-22-23-24-25-26-27-34(39)44-28-31(37)29-45-47(42,43)46-30-32(35(40)41)36-33(38)4-2/h5-6,8-9,11-12,14-15,17-18,20-21,23-24,31-32,37H,3-4,7,10,13,16,19,22,25-30H2,1-2H3,(H,36,38)(H,40,41)(H,42,43)/b6-5-,9-8-,12-11-,15-14-,18-17-,21-20-,24-23-. The van der Waals surface area contributed by atoms with Crippen LogP contribution in [0.2, 0.25) is 0 Å². The number of nitrogens with one attached hydrogen (secondary N) is 1. The summed E-state index contributed by atoms with van der Waals surface area (Å²) in [6, 6.07) is -1.55. The van der Waals surface area contributed by atoms with Crippen molar-refractivity contribution in [3.8, 4) is 0 Å². The predicted molar refractivity (Wildman–Crippen MR) is 184 cm³/mol. The van der Waals surface area contributed by atoms with Gasteiger partial charge >= 0.3 is 19.8 Å². The van der Waals surface area contributed by atoms with Gasteiger partial charge < -0.3 is 25.2 Å². The van der Waals surface area contributed by atoms with E-state index < -0.39 is 57.6 Å². The number of carboxylic acids is 1. The van der Waals surface area contributed by atoms with E-state index in [2.05, 4.69) is 94.2 Å². The quantitative estimate of drug-likeness (QED) is 0.0298. The summed E-state index contributed by atoms with van der Waals surface area (Å²) in [5.41, 5.74) is 0. The maximum Gasteiger partial charge on any atom is 0.472 e. The van der Waals surface area contributed by atoms with E-state index in [0.29, 0.717) is 12.8 Å². The average Bonchev–Trinajstić information content (AvgIpc) is 3.04. The largest absolute Gasteiger partial charge is 0.480 e. The van der Waals surface area contributed by atoms with Gasteiger partial charge in [-0.2, -0.15) is 0 Å². The summed E-state index contributed by atoms with van der Waals surface area (Å²) >= 11 is 0. The van der Waals surface area contributed by atoms with E-state index in [1.807, 2.05) is 12.2 Å².